The molecule has 4 heteroatoms. The Morgan fingerprint density at radius 1 is 1.21 bits per heavy atom. The van der Waals surface area contributed by atoms with Gasteiger partial charge in [-0.15, -0.1) is 11.6 Å². The molecule has 2 unspecified atom stereocenters. The second kappa shape index (κ2) is 6.92. The van der Waals surface area contributed by atoms with Gasteiger partial charge in [0.1, 0.15) is 0 Å². The number of benzene rings is 1. The van der Waals surface area contributed by atoms with Crippen LogP contribution in [0.3, 0.4) is 0 Å². The fourth-order valence-corrected chi connectivity index (χ4v) is 2.63. The number of carbonyl (C=O) groups is 1. The molecule has 0 heterocycles. The lowest BCUT2D eigenvalue weighted by atomic mass is 10.1. The molecular formula is C15H20ClNO2. The summed E-state index contributed by atoms with van der Waals surface area (Å²) >= 11 is 5.72. The molecule has 1 aliphatic rings. The van der Waals surface area contributed by atoms with Crippen molar-refractivity contribution in [1.82, 2.24) is 5.32 Å². The monoisotopic (exact) mass is 281 g/mol. The first-order valence-corrected chi connectivity index (χ1v) is 7.38. The summed E-state index contributed by atoms with van der Waals surface area (Å²) in [6, 6.07) is 7.13. The summed E-state index contributed by atoms with van der Waals surface area (Å²) in [5.41, 5.74) is 1.61. The molecule has 0 radical (unpaired) electrons. The molecule has 3 nitrogen and oxygen atoms in total. The highest BCUT2D eigenvalue weighted by Crippen LogP contribution is 2.18. The number of halogens is 1. The molecule has 0 aliphatic heterocycles. The minimum Gasteiger partial charge on any atom is -0.391 e. The number of aliphatic hydroxyl groups is 1. The van der Waals surface area contributed by atoms with Crippen LogP contribution in [0.5, 0.6) is 0 Å². The molecule has 1 aromatic rings. The Morgan fingerprint density at radius 2 is 1.89 bits per heavy atom. The first-order valence-electron chi connectivity index (χ1n) is 6.84. The second-order valence-electron chi connectivity index (χ2n) is 5.12. The topological polar surface area (TPSA) is 49.3 Å². The zero-order chi connectivity index (χ0) is 13.7. The van der Waals surface area contributed by atoms with Gasteiger partial charge in [0.15, 0.2) is 0 Å². The van der Waals surface area contributed by atoms with E-state index in [0.717, 1.165) is 37.7 Å². The Hall–Kier alpha value is -1.06. The summed E-state index contributed by atoms with van der Waals surface area (Å²) < 4.78 is 0. The largest absolute Gasteiger partial charge is 0.391 e. The molecule has 2 rings (SSSR count). The lowest BCUT2D eigenvalue weighted by molar-refractivity contribution is 0.0819. The van der Waals surface area contributed by atoms with Gasteiger partial charge in [0.05, 0.1) is 12.1 Å². The summed E-state index contributed by atoms with van der Waals surface area (Å²) in [6.07, 6.45) is 4.44. The predicted molar refractivity (Wildman–Crippen MR) is 76.3 cm³/mol. The van der Waals surface area contributed by atoms with Crippen molar-refractivity contribution < 1.29 is 9.90 Å². The maximum atomic E-state index is 12.1. The van der Waals surface area contributed by atoms with Gasteiger partial charge in [-0.3, -0.25) is 4.79 Å². The maximum Gasteiger partial charge on any atom is 0.251 e. The molecule has 1 aromatic carbocycles. The lowest BCUT2D eigenvalue weighted by Gasteiger charge is -2.21. The Bertz CT molecular complexity index is 419. The summed E-state index contributed by atoms with van der Waals surface area (Å²) in [6.45, 7) is 0. The van der Waals surface area contributed by atoms with Gasteiger partial charge in [-0.25, -0.2) is 0 Å². The van der Waals surface area contributed by atoms with Crippen molar-refractivity contribution in [3.05, 3.63) is 35.4 Å². The lowest BCUT2D eigenvalue weighted by Crippen LogP contribution is -2.42. The minimum atomic E-state index is -0.423. The van der Waals surface area contributed by atoms with Gasteiger partial charge in [0.2, 0.25) is 0 Å². The molecule has 2 atom stereocenters. The van der Waals surface area contributed by atoms with Crippen LogP contribution >= 0.6 is 11.6 Å². The number of hydrogen-bond acceptors (Lipinski definition) is 2. The van der Waals surface area contributed by atoms with E-state index >= 15 is 0 Å². The van der Waals surface area contributed by atoms with Crippen molar-refractivity contribution in [1.29, 1.82) is 0 Å². The first-order chi connectivity index (χ1) is 9.20. The molecule has 0 aromatic heterocycles. The van der Waals surface area contributed by atoms with E-state index in [1.807, 2.05) is 12.1 Å². The number of aliphatic hydroxyl groups excluding tert-OH is 1. The zero-order valence-corrected chi connectivity index (χ0v) is 11.7. The Labute approximate surface area is 119 Å². The summed E-state index contributed by atoms with van der Waals surface area (Å²) in [5.74, 6) is 0.329. The van der Waals surface area contributed by atoms with Crippen LogP contribution in [0, 0.1) is 0 Å². The Kier molecular flexibility index (Phi) is 5.23. The predicted octanol–water partition coefficient (Wildman–Crippen LogP) is 2.85. The van der Waals surface area contributed by atoms with E-state index in [1.54, 1.807) is 12.1 Å². The third-order valence-corrected chi connectivity index (χ3v) is 3.98. The van der Waals surface area contributed by atoms with Crippen molar-refractivity contribution in [2.24, 2.45) is 0 Å². The number of nitrogens with one attached hydrogen (secondary N) is 1. The highest BCUT2D eigenvalue weighted by atomic mass is 35.5. The van der Waals surface area contributed by atoms with Gasteiger partial charge in [0.25, 0.3) is 5.91 Å². The third-order valence-electron chi connectivity index (χ3n) is 3.67. The normalized spacial score (nSPS) is 23.7. The van der Waals surface area contributed by atoms with Crippen molar-refractivity contribution in [3.8, 4) is 0 Å². The van der Waals surface area contributed by atoms with E-state index in [1.165, 1.54) is 0 Å². The number of hydrogen-bond donors (Lipinski definition) is 2. The van der Waals surface area contributed by atoms with Crippen LogP contribution in [0.2, 0.25) is 0 Å². The van der Waals surface area contributed by atoms with E-state index in [0.29, 0.717) is 11.4 Å². The van der Waals surface area contributed by atoms with Crippen LogP contribution in [0.1, 0.15) is 48.0 Å². The molecule has 0 bridgehead atoms. The van der Waals surface area contributed by atoms with E-state index in [4.69, 9.17) is 11.6 Å². The molecule has 0 saturated heterocycles. The van der Waals surface area contributed by atoms with Crippen LogP contribution in [0.4, 0.5) is 0 Å². The highest BCUT2D eigenvalue weighted by molar-refractivity contribution is 6.17. The molecule has 1 amide bonds. The highest BCUT2D eigenvalue weighted by Gasteiger charge is 2.23. The van der Waals surface area contributed by atoms with Crippen molar-refractivity contribution >= 4 is 17.5 Å². The van der Waals surface area contributed by atoms with Crippen molar-refractivity contribution in [2.45, 2.75) is 50.1 Å². The fourth-order valence-electron chi connectivity index (χ4n) is 2.45. The molecule has 0 spiro atoms. The van der Waals surface area contributed by atoms with Crippen molar-refractivity contribution in [3.63, 3.8) is 0 Å². The minimum absolute atomic E-state index is 0.118. The summed E-state index contributed by atoms with van der Waals surface area (Å²) in [5, 5.41) is 12.9. The van der Waals surface area contributed by atoms with E-state index < -0.39 is 6.10 Å². The summed E-state index contributed by atoms with van der Waals surface area (Å²) in [7, 11) is 0. The molecule has 104 valence electrons. The van der Waals surface area contributed by atoms with Gasteiger partial charge in [-0.2, -0.15) is 0 Å². The van der Waals surface area contributed by atoms with Gasteiger partial charge < -0.3 is 10.4 Å². The fraction of sp³-hybridized carbons (Fsp3) is 0.533. The van der Waals surface area contributed by atoms with E-state index in [-0.39, 0.29) is 11.9 Å². The zero-order valence-electron chi connectivity index (χ0n) is 10.9. The number of carbonyl (C=O) groups excluding carboxylic acids is 1. The second-order valence-corrected chi connectivity index (χ2v) is 5.38. The molecule has 1 saturated carbocycles. The summed E-state index contributed by atoms with van der Waals surface area (Å²) in [4.78, 5) is 12.1. The van der Waals surface area contributed by atoms with Crippen LogP contribution in [0.15, 0.2) is 24.3 Å². The van der Waals surface area contributed by atoms with Crippen LogP contribution in [-0.4, -0.2) is 23.2 Å². The van der Waals surface area contributed by atoms with E-state index in [2.05, 4.69) is 5.32 Å². The third kappa shape index (κ3) is 3.95. The first kappa shape index (κ1) is 14.4. The number of alkyl halides is 1. The van der Waals surface area contributed by atoms with Gasteiger partial charge in [-0.1, -0.05) is 31.4 Å². The van der Waals surface area contributed by atoms with Gasteiger partial charge in [-0.05, 0) is 30.5 Å². The molecular weight excluding hydrogens is 262 g/mol. The SMILES string of the molecule is O=C(NC1CCCCCC1O)c1ccc(CCl)cc1. The maximum absolute atomic E-state index is 12.1. The average Bonchev–Trinajstić information content (AvgIpc) is 2.64. The van der Waals surface area contributed by atoms with Gasteiger partial charge in [0, 0.05) is 11.4 Å². The standard InChI is InChI=1S/C15H20ClNO2/c16-10-11-6-8-12(9-7-11)15(19)17-13-4-2-1-3-5-14(13)18/h6-9,13-14,18H,1-5,10H2,(H,17,19). The Morgan fingerprint density at radius 3 is 2.58 bits per heavy atom. The van der Waals surface area contributed by atoms with Crippen LogP contribution < -0.4 is 5.32 Å². The van der Waals surface area contributed by atoms with E-state index in [9.17, 15) is 9.90 Å². The van der Waals surface area contributed by atoms with Crippen LogP contribution in [-0.2, 0) is 5.88 Å². The molecule has 19 heavy (non-hydrogen) atoms. The molecule has 1 aliphatic carbocycles. The van der Waals surface area contributed by atoms with Gasteiger partial charge >= 0.3 is 0 Å². The smallest absolute Gasteiger partial charge is 0.251 e. The molecule has 1 fully saturated rings. The quantitative estimate of drug-likeness (QED) is 0.661. The molecule has 2 N–H and O–H groups in total. The number of amides is 1. The number of rotatable bonds is 3. The average molecular weight is 282 g/mol. The van der Waals surface area contributed by atoms with Crippen molar-refractivity contribution in [2.75, 3.05) is 0 Å². The Balaban J connectivity index is 1.98. The van der Waals surface area contributed by atoms with Crippen LogP contribution in [0.25, 0.3) is 0 Å².